The van der Waals surface area contributed by atoms with E-state index < -0.39 is 0 Å². The van der Waals surface area contributed by atoms with Gasteiger partial charge in [0.05, 0.1) is 22.4 Å². The van der Waals surface area contributed by atoms with Crippen LogP contribution in [0, 0.1) is 0 Å². The Morgan fingerprint density at radius 2 is 0.705 bits per heavy atom. The zero-order chi connectivity index (χ0) is 31.1. The van der Waals surface area contributed by atoms with E-state index in [1.165, 1.54) is 33.4 Å². The third-order valence-electron chi connectivity index (χ3n) is 10.9. The number of benzene rings is 4. The number of fused-ring (bicyclic) bond motifs is 3. The van der Waals surface area contributed by atoms with E-state index in [-0.39, 0.29) is 48.5 Å². The quantitative estimate of drug-likeness (QED) is 0.237. The van der Waals surface area contributed by atoms with E-state index in [1.54, 1.807) is 0 Å². The van der Waals surface area contributed by atoms with Crippen LogP contribution in [0.15, 0.2) is 97.1 Å². The summed E-state index contributed by atoms with van der Waals surface area (Å²) < 4.78 is 25.5. The molecule has 2 aliphatic heterocycles. The zero-order valence-electron chi connectivity index (χ0n) is 27.2. The van der Waals surface area contributed by atoms with Gasteiger partial charge in [-0.05, 0) is 99.7 Å². The molecule has 0 radical (unpaired) electrons. The maximum absolute atomic E-state index is 6.36. The van der Waals surface area contributed by atoms with E-state index in [9.17, 15) is 0 Å². The molecule has 4 aromatic rings. The molecule has 4 nitrogen and oxygen atoms in total. The molecule has 2 fully saturated rings. The second-order valence-electron chi connectivity index (χ2n) is 14.6. The van der Waals surface area contributed by atoms with E-state index >= 15 is 0 Å². The van der Waals surface area contributed by atoms with E-state index in [0.717, 1.165) is 10.9 Å². The summed E-state index contributed by atoms with van der Waals surface area (Å²) in [6.45, 7) is 16.8. The third-order valence-corrected chi connectivity index (χ3v) is 10.9. The van der Waals surface area contributed by atoms with Gasteiger partial charge in [0.1, 0.15) is 0 Å². The van der Waals surface area contributed by atoms with E-state index in [1.807, 2.05) is 0 Å². The van der Waals surface area contributed by atoms with Gasteiger partial charge in [-0.2, -0.15) is 0 Å². The second kappa shape index (κ2) is 10.2. The molecule has 3 aliphatic rings. The van der Waals surface area contributed by atoms with Crippen LogP contribution in [0.1, 0.15) is 89.5 Å². The van der Waals surface area contributed by atoms with Crippen LogP contribution in [0.25, 0.3) is 11.1 Å². The van der Waals surface area contributed by atoms with Crippen LogP contribution < -0.4 is 10.9 Å². The summed E-state index contributed by atoms with van der Waals surface area (Å²) in [5.74, 6) is 0.271. The van der Waals surface area contributed by atoms with Crippen LogP contribution in [0.5, 0.6) is 0 Å². The van der Waals surface area contributed by atoms with Crippen LogP contribution >= 0.6 is 0 Å². The van der Waals surface area contributed by atoms with Gasteiger partial charge in [0.25, 0.3) is 0 Å². The Kier molecular flexibility index (Phi) is 6.84. The minimum absolute atomic E-state index is 0.135. The number of rotatable bonds is 4. The minimum atomic E-state index is -0.383. The molecule has 0 aromatic heterocycles. The normalized spacial score (nSPS) is 24.2. The molecule has 2 heterocycles. The summed E-state index contributed by atoms with van der Waals surface area (Å²) in [5.41, 5.74) is 8.41. The maximum atomic E-state index is 6.36. The van der Waals surface area contributed by atoms with Gasteiger partial charge >= 0.3 is 14.2 Å². The molecule has 2 atom stereocenters. The van der Waals surface area contributed by atoms with Crippen LogP contribution in [-0.2, 0) is 18.6 Å². The van der Waals surface area contributed by atoms with Crippen LogP contribution in [0.2, 0.25) is 0 Å². The lowest BCUT2D eigenvalue weighted by molar-refractivity contribution is 0.00578. The monoisotopic (exact) mass is 584 g/mol. The Labute approximate surface area is 263 Å². The van der Waals surface area contributed by atoms with Crippen molar-refractivity contribution in [1.82, 2.24) is 0 Å². The minimum Gasteiger partial charge on any atom is -0.399 e. The molecule has 2 unspecified atom stereocenters. The van der Waals surface area contributed by atoms with E-state index in [2.05, 4.69) is 152 Å². The van der Waals surface area contributed by atoms with Gasteiger partial charge in [-0.3, -0.25) is 0 Å². The second-order valence-corrected chi connectivity index (χ2v) is 14.6. The lowest BCUT2D eigenvalue weighted by Gasteiger charge is -2.36. The van der Waals surface area contributed by atoms with E-state index in [0.29, 0.717) is 0 Å². The number of hydrogen-bond donors (Lipinski definition) is 0. The van der Waals surface area contributed by atoms with Gasteiger partial charge in [-0.15, -0.1) is 0 Å². The highest BCUT2D eigenvalue weighted by Gasteiger charge is 2.53. The van der Waals surface area contributed by atoms with Gasteiger partial charge in [0, 0.05) is 11.8 Å². The molecule has 0 bridgehead atoms. The van der Waals surface area contributed by atoms with Crippen LogP contribution in [-0.4, -0.2) is 36.6 Å². The van der Waals surface area contributed by atoms with E-state index in [4.69, 9.17) is 18.6 Å². The third kappa shape index (κ3) is 4.70. The average Bonchev–Trinajstić information content (AvgIpc) is 3.36. The fourth-order valence-electron chi connectivity index (χ4n) is 6.81. The molecule has 4 aromatic carbocycles. The van der Waals surface area contributed by atoms with Gasteiger partial charge < -0.3 is 18.6 Å². The Morgan fingerprint density at radius 3 is 1.02 bits per heavy atom. The highest BCUT2D eigenvalue weighted by molar-refractivity contribution is 6.62. The van der Waals surface area contributed by atoms with Crippen molar-refractivity contribution >= 4 is 25.2 Å². The molecule has 1 aliphatic carbocycles. The van der Waals surface area contributed by atoms with Gasteiger partial charge in [0.2, 0.25) is 0 Å². The first-order valence-electron chi connectivity index (χ1n) is 15.9. The Hall–Kier alpha value is -3.15. The van der Waals surface area contributed by atoms with Crippen LogP contribution in [0.3, 0.4) is 0 Å². The first-order valence-corrected chi connectivity index (χ1v) is 15.9. The summed E-state index contributed by atoms with van der Waals surface area (Å²) in [7, 11) is -0.765. The van der Waals surface area contributed by atoms with Crippen molar-refractivity contribution in [2.75, 3.05) is 0 Å². The average molecular weight is 584 g/mol. The largest absolute Gasteiger partial charge is 0.494 e. The van der Waals surface area contributed by atoms with Crippen molar-refractivity contribution in [3.8, 4) is 11.1 Å². The molecule has 0 N–H and O–H groups in total. The first-order chi connectivity index (χ1) is 20.8. The van der Waals surface area contributed by atoms with Crippen molar-refractivity contribution in [1.29, 1.82) is 0 Å². The number of hydrogen-bond acceptors (Lipinski definition) is 4. The Bertz CT molecular complexity index is 1530. The summed E-state index contributed by atoms with van der Waals surface area (Å²) in [4.78, 5) is 0. The predicted molar refractivity (Wildman–Crippen MR) is 180 cm³/mol. The summed E-state index contributed by atoms with van der Waals surface area (Å²) in [6, 6.07) is 35.5. The molecular weight excluding hydrogens is 542 g/mol. The Balaban J connectivity index is 1.28. The Morgan fingerprint density at radius 1 is 0.409 bits per heavy atom. The molecule has 2 saturated heterocycles. The van der Waals surface area contributed by atoms with Crippen LogP contribution in [0.4, 0.5) is 0 Å². The van der Waals surface area contributed by atoms with Crippen molar-refractivity contribution in [2.45, 2.75) is 89.6 Å². The SMILES string of the molecule is CC1(C)OB(c2ccc(C3c4ccccc4-c4ccccc4C3c3ccc(B4OC(C)(C)C(C)(C)O4)cc3)cc2)OC1(C)C. The lowest BCUT2D eigenvalue weighted by atomic mass is 9.65. The molecular formula is C38H42B2O4. The topological polar surface area (TPSA) is 36.9 Å². The molecule has 7 rings (SSSR count). The zero-order valence-corrected chi connectivity index (χ0v) is 27.2. The van der Waals surface area contributed by atoms with Gasteiger partial charge in [-0.1, -0.05) is 97.1 Å². The molecule has 6 heteroatoms. The maximum Gasteiger partial charge on any atom is 0.494 e. The van der Waals surface area contributed by atoms with Crippen molar-refractivity contribution < 1.29 is 18.6 Å². The summed E-state index contributed by atoms with van der Waals surface area (Å²) >= 11 is 0. The van der Waals surface area contributed by atoms with Crippen molar-refractivity contribution in [3.05, 3.63) is 119 Å². The molecule has 44 heavy (non-hydrogen) atoms. The molecule has 0 spiro atoms. The summed E-state index contributed by atoms with van der Waals surface area (Å²) in [6.07, 6.45) is 0. The van der Waals surface area contributed by atoms with Gasteiger partial charge in [0.15, 0.2) is 0 Å². The standard InChI is InChI=1S/C38H42B2O4/c1-35(2)36(3,4)42-39(41-35)27-21-17-25(18-22-27)33-31-15-11-9-13-29(31)30-14-10-12-16-32(30)34(33)26-19-23-28(24-20-26)40-43-37(5,6)38(7,8)44-40/h9-24,33-34H,1-8H3. The predicted octanol–water partition coefficient (Wildman–Crippen LogP) is 7.23. The summed E-state index contributed by atoms with van der Waals surface area (Å²) in [5, 5.41) is 0. The smallest absolute Gasteiger partial charge is 0.399 e. The highest BCUT2D eigenvalue weighted by Crippen LogP contribution is 2.52. The van der Waals surface area contributed by atoms with Gasteiger partial charge in [-0.25, -0.2) is 0 Å². The molecule has 0 amide bonds. The molecule has 0 saturated carbocycles. The van der Waals surface area contributed by atoms with Crippen molar-refractivity contribution in [3.63, 3.8) is 0 Å². The lowest BCUT2D eigenvalue weighted by Crippen LogP contribution is -2.41. The molecule has 224 valence electrons. The first kappa shape index (κ1) is 29.6. The fraction of sp³-hybridized carbons (Fsp3) is 0.368. The fourth-order valence-corrected chi connectivity index (χ4v) is 6.81. The highest BCUT2D eigenvalue weighted by atomic mass is 16.7. The van der Waals surface area contributed by atoms with Crippen molar-refractivity contribution in [2.24, 2.45) is 0 Å².